The highest BCUT2D eigenvalue weighted by Crippen LogP contribution is 2.40. The van der Waals surface area contributed by atoms with E-state index in [0.29, 0.717) is 0 Å². The average molecular weight is 325 g/mol. The van der Waals surface area contributed by atoms with Gasteiger partial charge in [-0.15, -0.1) is 11.3 Å². The van der Waals surface area contributed by atoms with Crippen LogP contribution in [0.4, 0.5) is 5.82 Å². The molecule has 0 unspecified atom stereocenters. The summed E-state index contributed by atoms with van der Waals surface area (Å²) in [6.07, 6.45) is 7.95. The second-order valence-electron chi connectivity index (χ2n) is 6.53. The van der Waals surface area contributed by atoms with E-state index < -0.39 is 0 Å². The van der Waals surface area contributed by atoms with Gasteiger partial charge in [-0.3, -0.25) is 5.10 Å². The second-order valence-corrected chi connectivity index (χ2v) is 7.61. The van der Waals surface area contributed by atoms with E-state index in [1.807, 2.05) is 24.5 Å². The Morgan fingerprint density at radius 2 is 2.09 bits per heavy atom. The van der Waals surface area contributed by atoms with Gasteiger partial charge in [-0.2, -0.15) is 5.10 Å². The monoisotopic (exact) mass is 325 g/mol. The summed E-state index contributed by atoms with van der Waals surface area (Å²) >= 11 is 1.88. The van der Waals surface area contributed by atoms with Gasteiger partial charge in [-0.25, -0.2) is 9.97 Å². The lowest BCUT2D eigenvalue weighted by Gasteiger charge is -2.28. The van der Waals surface area contributed by atoms with Crippen molar-refractivity contribution in [3.05, 3.63) is 33.7 Å². The van der Waals surface area contributed by atoms with Crippen LogP contribution in [0.25, 0.3) is 10.2 Å². The number of H-pyrrole nitrogens is 1. The van der Waals surface area contributed by atoms with E-state index in [1.54, 1.807) is 0 Å². The minimum atomic E-state index is 0.879. The first-order valence-electron chi connectivity index (χ1n) is 8.34. The molecule has 4 heterocycles. The Bertz CT molecular complexity index is 894. The van der Waals surface area contributed by atoms with Gasteiger partial charge in [-0.05, 0) is 38.2 Å². The van der Waals surface area contributed by atoms with Crippen molar-refractivity contribution in [2.45, 2.75) is 45.6 Å². The van der Waals surface area contributed by atoms with Gasteiger partial charge in [0.15, 0.2) is 0 Å². The van der Waals surface area contributed by atoms with Crippen LogP contribution in [0.5, 0.6) is 0 Å². The van der Waals surface area contributed by atoms with E-state index in [4.69, 9.17) is 9.97 Å². The SMILES string of the molecule is Cc1nc(N2CCc3[nH]ncc3C2)c2c3c(sc2n1)CCCC3. The molecule has 0 radical (unpaired) electrons. The van der Waals surface area contributed by atoms with Crippen LogP contribution in [0.1, 0.15) is 40.4 Å². The fourth-order valence-electron chi connectivity index (χ4n) is 3.87. The predicted molar refractivity (Wildman–Crippen MR) is 92.1 cm³/mol. The molecular formula is C17H19N5S. The molecular weight excluding hydrogens is 306 g/mol. The Balaban J connectivity index is 1.67. The highest BCUT2D eigenvalue weighted by atomic mass is 32.1. The summed E-state index contributed by atoms with van der Waals surface area (Å²) < 4.78 is 0. The van der Waals surface area contributed by atoms with Gasteiger partial charge in [0.1, 0.15) is 16.5 Å². The third-order valence-electron chi connectivity index (χ3n) is 5.01. The van der Waals surface area contributed by atoms with E-state index in [1.165, 1.54) is 57.6 Å². The first-order chi connectivity index (χ1) is 11.3. The van der Waals surface area contributed by atoms with Gasteiger partial charge < -0.3 is 4.90 Å². The highest BCUT2D eigenvalue weighted by molar-refractivity contribution is 7.19. The maximum absolute atomic E-state index is 4.85. The Kier molecular flexibility index (Phi) is 2.95. The quantitative estimate of drug-likeness (QED) is 0.746. The number of nitrogens with one attached hydrogen (secondary N) is 1. The lowest BCUT2D eigenvalue weighted by Crippen LogP contribution is -2.31. The molecule has 1 N–H and O–H groups in total. The van der Waals surface area contributed by atoms with Crippen LogP contribution in [0.2, 0.25) is 0 Å². The number of thiophene rings is 1. The number of aromatic nitrogens is 4. The van der Waals surface area contributed by atoms with Gasteiger partial charge in [0.25, 0.3) is 0 Å². The number of aryl methyl sites for hydroxylation is 3. The molecule has 1 aliphatic carbocycles. The minimum absolute atomic E-state index is 0.879. The van der Waals surface area contributed by atoms with Crippen molar-refractivity contribution >= 4 is 27.4 Å². The summed E-state index contributed by atoms with van der Waals surface area (Å²) in [5.41, 5.74) is 4.09. The third kappa shape index (κ3) is 2.08. The van der Waals surface area contributed by atoms with Crippen molar-refractivity contribution in [3.8, 4) is 0 Å². The molecule has 23 heavy (non-hydrogen) atoms. The average Bonchev–Trinajstić information content (AvgIpc) is 3.17. The number of hydrogen-bond donors (Lipinski definition) is 1. The molecule has 0 bridgehead atoms. The molecule has 1 aliphatic heterocycles. The van der Waals surface area contributed by atoms with Gasteiger partial charge >= 0.3 is 0 Å². The first-order valence-corrected chi connectivity index (χ1v) is 9.16. The number of nitrogens with zero attached hydrogens (tertiary/aromatic N) is 4. The number of hydrogen-bond acceptors (Lipinski definition) is 5. The maximum Gasteiger partial charge on any atom is 0.141 e. The van der Waals surface area contributed by atoms with Crippen LogP contribution in [-0.2, 0) is 25.8 Å². The summed E-state index contributed by atoms with van der Waals surface area (Å²) in [7, 11) is 0. The fourth-order valence-corrected chi connectivity index (χ4v) is 5.17. The van der Waals surface area contributed by atoms with Crippen LogP contribution >= 0.6 is 11.3 Å². The Labute approximate surface area is 138 Å². The molecule has 2 aliphatic rings. The van der Waals surface area contributed by atoms with Crippen LogP contribution in [-0.4, -0.2) is 26.7 Å². The van der Waals surface area contributed by atoms with Crippen molar-refractivity contribution in [1.29, 1.82) is 0 Å². The van der Waals surface area contributed by atoms with Crippen molar-refractivity contribution in [3.63, 3.8) is 0 Å². The van der Waals surface area contributed by atoms with Crippen molar-refractivity contribution in [1.82, 2.24) is 20.2 Å². The molecule has 0 amide bonds. The van der Waals surface area contributed by atoms with Gasteiger partial charge in [0.05, 0.1) is 11.6 Å². The first kappa shape index (κ1) is 13.5. The molecule has 3 aromatic rings. The van der Waals surface area contributed by atoms with Gasteiger partial charge in [-0.1, -0.05) is 0 Å². The summed E-state index contributed by atoms with van der Waals surface area (Å²) in [4.78, 5) is 14.7. The number of anilines is 1. The van der Waals surface area contributed by atoms with Crippen molar-refractivity contribution in [2.24, 2.45) is 0 Å². The lowest BCUT2D eigenvalue weighted by atomic mass is 9.96. The molecule has 3 aromatic heterocycles. The molecule has 5 nitrogen and oxygen atoms in total. The lowest BCUT2D eigenvalue weighted by molar-refractivity contribution is 0.695. The van der Waals surface area contributed by atoms with Crippen molar-refractivity contribution in [2.75, 3.05) is 11.4 Å². The van der Waals surface area contributed by atoms with Crippen LogP contribution < -0.4 is 4.90 Å². The molecule has 6 heteroatoms. The summed E-state index contributed by atoms with van der Waals surface area (Å²) in [5, 5.41) is 8.63. The van der Waals surface area contributed by atoms with Crippen LogP contribution in [0.3, 0.4) is 0 Å². The van der Waals surface area contributed by atoms with Crippen LogP contribution in [0, 0.1) is 6.92 Å². The normalized spacial score (nSPS) is 17.3. The zero-order chi connectivity index (χ0) is 15.4. The zero-order valence-electron chi connectivity index (χ0n) is 13.2. The Morgan fingerprint density at radius 1 is 1.17 bits per heavy atom. The molecule has 0 spiro atoms. The molecule has 0 saturated heterocycles. The topological polar surface area (TPSA) is 57.7 Å². The predicted octanol–water partition coefficient (Wildman–Crippen LogP) is 3.16. The number of fused-ring (bicyclic) bond motifs is 4. The van der Waals surface area contributed by atoms with Gasteiger partial charge in [0, 0.05) is 35.6 Å². The molecule has 0 saturated carbocycles. The van der Waals surface area contributed by atoms with E-state index >= 15 is 0 Å². The maximum atomic E-state index is 4.85. The highest BCUT2D eigenvalue weighted by Gasteiger charge is 2.26. The summed E-state index contributed by atoms with van der Waals surface area (Å²) in [6, 6.07) is 0. The van der Waals surface area contributed by atoms with E-state index in [2.05, 4.69) is 15.1 Å². The largest absolute Gasteiger partial charge is 0.351 e. The second kappa shape index (κ2) is 5.03. The fraction of sp³-hybridized carbons (Fsp3) is 0.471. The van der Waals surface area contributed by atoms with Gasteiger partial charge in [0.2, 0.25) is 0 Å². The number of rotatable bonds is 1. The molecule has 5 rings (SSSR count). The minimum Gasteiger partial charge on any atom is -0.351 e. The Hall–Kier alpha value is -1.95. The molecule has 0 aromatic carbocycles. The zero-order valence-corrected chi connectivity index (χ0v) is 14.0. The Morgan fingerprint density at radius 3 is 3.04 bits per heavy atom. The van der Waals surface area contributed by atoms with E-state index in [-0.39, 0.29) is 0 Å². The van der Waals surface area contributed by atoms with E-state index in [0.717, 1.165) is 31.2 Å². The van der Waals surface area contributed by atoms with Crippen LogP contribution in [0.15, 0.2) is 6.20 Å². The third-order valence-corrected chi connectivity index (χ3v) is 6.19. The van der Waals surface area contributed by atoms with Crippen molar-refractivity contribution < 1.29 is 0 Å². The smallest absolute Gasteiger partial charge is 0.141 e. The molecule has 0 fully saturated rings. The standard InChI is InChI=1S/C17H19N5S/c1-10-19-16(22-7-6-13-11(9-22)8-18-21-13)15-12-4-2-3-5-14(12)23-17(15)20-10/h8H,2-7,9H2,1H3,(H,18,21). The molecule has 118 valence electrons. The molecule has 0 atom stereocenters. The summed E-state index contributed by atoms with van der Waals surface area (Å²) in [5.74, 6) is 2.02. The number of aromatic amines is 1. The van der Waals surface area contributed by atoms with E-state index in [9.17, 15) is 0 Å². The summed E-state index contributed by atoms with van der Waals surface area (Å²) in [6.45, 7) is 3.89.